The summed E-state index contributed by atoms with van der Waals surface area (Å²) in [4.78, 5) is 67.2. The second kappa shape index (κ2) is 23.2. The van der Waals surface area contributed by atoms with Crippen molar-refractivity contribution in [3.8, 4) is 0 Å². The van der Waals surface area contributed by atoms with Crippen molar-refractivity contribution in [2.45, 2.75) is 105 Å². The molecule has 304 valence electrons. The van der Waals surface area contributed by atoms with Crippen molar-refractivity contribution < 1.29 is 29.2 Å². The number of nitrogens with zero attached hydrogens (tertiary/aromatic N) is 4. The molecule has 0 aliphatic carbocycles. The lowest BCUT2D eigenvalue weighted by Gasteiger charge is -2.33. The Morgan fingerprint density at radius 3 is 1.40 bits per heavy atom. The molecule has 12 nitrogen and oxygen atoms in total. The standard InChI is InChI=1S/C24H33N3O2.C20H26BN3O4/c1-17(2)13-19(24(3,4)5)15-22(28)20(14-18-9-7-6-8-10-18)27-23(29)21-16-25-11-12-26-21;1-14(2)10-16(21(27)28)12-19(25)17(11-15-6-4-3-5-7-15)24-20(26)18-13-22-8-9-23-18/h6-12,16-17,19-20H,13-15H2,1-5H3,(H,27,29);3-9,13-14,16-17,27-28H,10-12H2,1-2H3,(H,24,26)/t19-,20+;16-,17+/m11/s1. The first-order valence-corrected chi connectivity index (χ1v) is 19.7. The van der Waals surface area contributed by atoms with Gasteiger partial charge in [0.25, 0.3) is 11.8 Å². The quantitative estimate of drug-likeness (QED) is 0.0806. The number of aromatic nitrogens is 4. The molecule has 0 aliphatic rings. The maximum atomic E-state index is 13.3. The fourth-order valence-electron chi connectivity index (χ4n) is 6.50. The molecule has 4 N–H and O–H groups in total. The van der Waals surface area contributed by atoms with Crippen LogP contribution in [0.5, 0.6) is 0 Å². The Labute approximate surface area is 337 Å². The zero-order valence-electron chi connectivity index (χ0n) is 34.3. The second-order valence-electron chi connectivity index (χ2n) is 16.4. The van der Waals surface area contributed by atoms with Crippen LogP contribution in [0.2, 0.25) is 5.82 Å². The fraction of sp³-hybridized carbons (Fsp3) is 0.455. The normalized spacial score (nSPS) is 13.4. The van der Waals surface area contributed by atoms with Crippen molar-refractivity contribution in [3.63, 3.8) is 0 Å². The molecule has 0 fully saturated rings. The monoisotopic (exact) mass is 778 g/mol. The van der Waals surface area contributed by atoms with E-state index in [1.807, 2.05) is 74.5 Å². The first-order valence-electron chi connectivity index (χ1n) is 19.7. The van der Waals surface area contributed by atoms with E-state index in [0.29, 0.717) is 31.6 Å². The van der Waals surface area contributed by atoms with Gasteiger partial charge in [0.2, 0.25) is 0 Å². The molecule has 13 heteroatoms. The van der Waals surface area contributed by atoms with Crippen LogP contribution in [-0.4, -0.2) is 72.6 Å². The van der Waals surface area contributed by atoms with E-state index in [1.54, 1.807) is 0 Å². The molecule has 0 bridgehead atoms. The van der Waals surface area contributed by atoms with Crippen molar-refractivity contribution in [2.24, 2.45) is 23.2 Å². The molecule has 0 aliphatic heterocycles. The number of ketones is 2. The maximum absolute atomic E-state index is 13.3. The van der Waals surface area contributed by atoms with E-state index in [4.69, 9.17) is 0 Å². The molecule has 0 radical (unpaired) electrons. The predicted octanol–water partition coefficient (Wildman–Crippen LogP) is 6.15. The molecular formula is C44H59BN6O6. The number of hydrogen-bond acceptors (Lipinski definition) is 10. The third-order valence-electron chi connectivity index (χ3n) is 9.63. The van der Waals surface area contributed by atoms with Gasteiger partial charge in [-0.05, 0) is 60.0 Å². The van der Waals surface area contributed by atoms with Gasteiger partial charge in [0.05, 0.1) is 24.5 Å². The molecule has 4 rings (SSSR count). The molecule has 0 unspecified atom stereocenters. The van der Waals surface area contributed by atoms with Gasteiger partial charge < -0.3 is 20.7 Å². The number of nitrogens with one attached hydrogen (secondary N) is 2. The summed E-state index contributed by atoms with van der Waals surface area (Å²) in [6.07, 6.45) is 11.3. The minimum Gasteiger partial charge on any atom is -0.427 e. The first kappa shape index (κ1) is 46.2. The van der Waals surface area contributed by atoms with Crippen molar-refractivity contribution >= 4 is 30.5 Å². The van der Waals surface area contributed by atoms with Crippen molar-refractivity contribution in [3.05, 3.63) is 120 Å². The molecule has 2 aromatic heterocycles. The lowest BCUT2D eigenvalue weighted by Crippen LogP contribution is -2.44. The molecule has 4 atom stereocenters. The van der Waals surface area contributed by atoms with Gasteiger partial charge in [-0.1, -0.05) is 109 Å². The number of hydrogen-bond donors (Lipinski definition) is 4. The van der Waals surface area contributed by atoms with E-state index in [1.165, 1.54) is 37.2 Å². The SMILES string of the molecule is CC(C)C[C@H](CC(=O)[C@H](Cc1ccccc1)NC(=O)c1cnccn1)B(O)O.CC(C)C[C@H](CC(=O)[C@H](Cc1ccccc1)NC(=O)c1cnccn1)C(C)(C)C. The van der Waals surface area contributed by atoms with Crippen molar-refractivity contribution in [2.75, 3.05) is 0 Å². The number of benzene rings is 2. The zero-order valence-corrected chi connectivity index (χ0v) is 34.3. The number of carbonyl (C=O) groups is 4. The summed E-state index contributed by atoms with van der Waals surface area (Å²) in [6, 6.07) is 17.7. The Morgan fingerprint density at radius 1 is 0.632 bits per heavy atom. The molecule has 2 aromatic carbocycles. The van der Waals surface area contributed by atoms with Crippen molar-refractivity contribution in [1.82, 2.24) is 30.6 Å². The van der Waals surface area contributed by atoms with Gasteiger partial charge >= 0.3 is 7.12 Å². The van der Waals surface area contributed by atoms with Gasteiger partial charge in [-0.25, -0.2) is 9.97 Å². The van der Waals surface area contributed by atoms with E-state index in [-0.39, 0.29) is 52.5 Å². The van der Waals surface area contributed by atoms with E-state index in [0.717, 1.165) is 17.5 Å². The summed E-state index contributed by atoms with van der Waals surface area (Å²) < 4.78 is 0. The number of rotatable bonds is 19. The minimum atomic E-state index is -1.58. The lowest BCUT2D eigenvalue weighted by molar-refractivity contribution is -0.123. The Morgan fingerprint density at radius 2 is 1.05 bits per heavy atom. The van der Waals surface area contributed by atoms with Crippen molar-refractivity contribution in [1.29, 1.82) is 0 Å². The van der Waals surface area contributed by atoms with E-state index >= 15 is 0 Å². The fourth-order valence-corrected chi connectivity index (χ4v) is 6.50. The number of amides is 2. The zero-order chi connectivity index (χ0) is 42.0. The molecule has 4 aromatic rings. The van der Waals surface area contributed by atoms with Crippen LogP contribution in [0.4, 0.5) is 0 Å². The summed E-state index contributed by atoms with van der Waals surface area (Å²) in [5, 5.41) is 24.9. The topological polar surface area (TPSA) is 184 Å². The summed E-state index contributed by atoms with van der Waals surface area (Å²) in [6.45, 7) is 14.8. The Balaban J connectivity index is 0.000000306. The average Bonchev–Trinajstić information content (AvgIpc) is 3.17. The molecule has 57 heavy (non-hydrogen) atoms. The summed E-state index contributed by atoms with van der Waals surface area (Å²) in [5.74, 6) is -0.668. The maximum Gasteiger partial charge on any atom is 0.455 e. The summed E-state index contributed by atoms with van der Waals surface area (Å²) in [7, 11) is -1.58. The average molecular weight is 779 g/mol. The van der Waals surface area contributed by atoms with Crippen LogP contribution < -0.4 is 10.6 Å². The smallest absolute Gasteiger partial charge is 0.427 e. The Bertz CT molecular complexity index is 1810. The third-order valence-corrected chi connectivity index (χ3v) is 9.63. The summed E-state index contributed by atoms with van der Waals surface area (Å²) in [5.41, 5.74) is 2.26. The third kappa shape index (κ3) is 16.9. The van der Waals surface area contributed by atoms with Crippen LogP contribution in [0.1, 0.15) is 106 Å². The van der Waals surface area contributed by atoms with Crippen LogP contribution in [0, 0.1) is 23.2 Å². The minimum absolute atomic E-state index is 0.0200. The van der Waals surface area contributed by atoms with E-state index in [2.05, 4.69) is 65.2 Å². The molecule has 2 amide bonds. The highest BCUT2D eigenvalue weighted by Gasteiger charge is 2.32. The van der Waals surface area contributed by atoms with Crippen LogP contribution in [0.25, 0.3) is 0 Å². The largest absolute Gasteiger partial charge is 0.455 e. The van der Waals surface area contributed by atoms with Gasteiger partial charge in [0.15, 0.2) is 11.6 Å². The number of carbonyl (C=O) groups excluding carboxylic acids is 4. The van der Waals surface area contributed by atoms with Gasteiger partial charge in [-0.2, -0.15) is 0 Å². The van der Waals surface area contributed by atoms with Gasteiger partial charge in [-0.15, -0.1) is 0 Å². The molecule has 0 saturated carbocycles. The van der Waals surface area contributed by atoms with E-state index < -0.39 is 30.9 Å². The highest BCUT2D eigenvalue weighted by Crippen LogP contribution is 2.34. The second-order valence-corrected chi connectivity index (χ2v) is 16.4. The van der Waals surface area contributed by atoms with Crippen LogP contribution in [0.3, 0.4) is 0 Å². The number of Topliss-reactive ketones (excluding diaryl/α,β-unsaturated/α-hetero) is 2. The van der Waals surface area contributed by atoms with Crippen LogP contribution in [-0.2, 0) is 22.4 Å². The molecule has 0 saturated heterocycles. The first-order chi connectivity index (χ1) is 27.0. The molecule has 0 spiro atoms. The highest BCUT2D eigenvalue weighted by molar-refractivity contribution is 6.43. The highest BCUT2D eigenvalue weighted by atomic mass is 16.4. The van der Waals surface area contributed by atoms with E-state index in [9.17, 15) is 29.2 Å². The Hall–Kier alpha value is -5.14. The van der Waals surface area contributed by atoms with Gasteiger partial charge in [-0.3, -0.25) is 29.1 Å². The Kier molecular flexibility index (Phi) is 18.8. The van der Waals surface area contributed by atoms with Crippen LogP contribution >= 0.6 is 0 Å². The van der Waals surface area contributed by atoms with Gasteiger partial charge in [0, 0.05) is 43.4 Å². The van der Waals surface area contributed by atoms with Crippen LogP contribution in [0.15, 0.2) is 97.8 Å². The predicted molar refractivity (Wildman–Crippen MR) is 222 cm³/mol. The summed E-state index contributed by atoms with van der Waals surface area (Å²) >= 11 is 0. The molecule has 2 heterocycles. The lowest BCUT2D eigenvalue weighted by atomic mass is 9.66. The molecular weight excluding hydrogens is 719 g/mol. The van der Waals surface area contributed by atoms with Gasteiger partial charge in [0.1, 0.15) is 11.4 Å².